The first-order chi connectivity index (χ1) is 7.22. The van der Waals surface area contributed by atoms with Gasteiger partial charge in [0.05, 0.1) is 5.52 Å². The van der Waals surface area contributed by atoms with Crippen LogP contribution in [0.3, 0.4) is 0 Å². The van der Waals surface area contributed by atoms with Crippen molar-refractivity contribution < 1.29 is 5.11 Å². The Labute approximate surface area is 93.9 Å². The molecular weight excluding hydrogens is 206 g/mol. The number of hydrogen-bond acceptors (Lipinski definition) is 2. The molecule has 0 unspecified atom stereocenters. The Morgan fingerprint density at radius 3 is 2.93 bits per heavy atom. The standard InChI is InChI=1S/C12H15NOS/c1-3-15-8-9-7-13(2)12-6-10(14)4-5-11(9)12/h4-7,14H,3,8H2,1-2H3. The molecule has 1 aromatic carbocycles. The van der Waals surface area contributed by atoms with Crippen LogP contribution in [0.15, 0.2) is 24.4 Å². The molecule has 1 aromatic heterocycles. The lowest BCUT2D eigenvalue weighted by atomic mass is 10.2. The summed E-state index contributed by atoms with van der Waals surface area (Å²) < 4.78 is 2.07. The molecule has 0 aliphatic heterocycles. The molecule has 80 valence electrons. The molecule has 0 radical (unpaired) electrons. The molecule has 1 N–H and O–H groups in total. The van der Waals surface area contributed by atoms with Gasteiger partial charge in [0.15, 0.2) is 0 Å². The van der Waals surface area contributed by atoms with Gasteiger partial charge in [-0.2, -0.15) is 11.8 Å². The Bertz CT molecular complexity index is 476. The molecule has 0 fully saturated rings. The lowest BCUT2D eigenvalue weighted by Gasteiger charge is -1.98. The van der Waals surface area contributed by atoms with Crippen molar-refractivity contribution in [3.8, 4) is 5.75 Å². The molecular formula is C12H15NOS. The van der Waals surface area contributed by atoms with Crippen molar-refractivity contribution in [3.05, 3.63) is 30.0 Å². The maximum absolute atomic E-state index is 9.42. The van der Waals surface area contributed by atoms with E-state index < -0.39 is 0 Å². The normalized spacial score (nSPS) is 11.1. The van der Waals surface area contributed by atoms with E-state index >= 15 is 0 Å². The molecule has 2 aromatic rings. The van der Waals surface area contributed by atoms with Gasteiger partial charge in [-0.05, 0) is 23.4 Å². The number of rotatable bonds is 3. The summed E-state index contributed by atoms with van der Waals surface area (Å²) in [6, 6.07) is 5.56. The number of phenolic OH excluding ortho intramolecular Hbond substituents is 1. The van der Waals surface area contributed by atoms with Gasteiger partial charge in [0, 0.05) is 30.4 Å². The predicted octanol–water partition coefficient (Wildman–Crippen LogP) is 3.14. The highest BCUT2D eigenvalue weighted by atomic mass is 32.2. The Morgan fingerprint density at radius 1 is 1.40 bits per heavy atom. The first kappa shape index (κ1) is 10.4. The van der Waals surface area contributed by atoms with E-state index in [-0.39, 0.29) is 0 Å². The van der Waals surface area contributed by atoms with Gasteiger partial charge >= 0.3 is 0 Å². The van der Waals surface area contributed by atoms with Crippen LogP contribution in [0.4, 0.5) is 0 Å². The van der Waals surface area contributed by atoms with Crippen LogP contribution in [-0.2, 0) is 12.8 Å². The van der Waals surface area contributed by atoms with Crippen LogP contribution in [0.2, 0.25) is 0 Å². The van der Waals surface area contributed by atoms with Crippen molar-refractivity contribution in [2.45, 2.75) is 12.7 Å². The highest BCUT2D eigenvalue weighted by Crippen LogP contribution is 2.27. The zero-order valence-electron chi connectivity index (χ0n) is 9.03. The number of hydrogen-bond donors (Lipinski definition) is 1. The zero-order valence-corrected chi connectivity index (χ0v) is 9.84. The molecule has 0 saturated heterocycles. The molecule has 0 spiro atoms. The summed E-state index contributed by atoms with van der Waals surface area (Å²) in [6.45, 7) is 2.17. The summed E-state index contributed by atoms with van der Waals surface area (Å²) in [5.41, 5.74) is 2.45. The quantitative estimate of drug-likeness (QED) is 0.861. The molecule has 0 aliphatic carbocycles. The van der Waals surface area contributed by atoms with Crippen molar-refractivity contribution in [1.82, 2.24) is 4.57 Å². The van der Waals surface area contributed by atoms with Crippen LogP contribution in [0.5, 0.6) is 5.75 Å². The molecule has 1 heterocycles. The van der Waals surface area contributed by atoms with Gasteiger partial charge in [0.1, 0.15) is 5.75 Å². The average Bonchev–Trinajstić information content (AvgIpc) is 2.53. The van der Waals surface area contributed by atoms with Gasteiger partial charge in [-0.3, -0.25) is 0 Å². The number of aromatic nitrogens is 1. The van der Waals surface area contributed by atoms with Crippen LogP contribution in [0.25, 0.3) is 10.9 Å². The maximum Gasteiger partial charge on any atom is 0.117 e. The van der Waals surface area contributed by atoms with E-state index in [0.717, 1.165) is 17.0 Å². The van der Waals surface area contributed by atoms with Crippen molar-refractivity contribution in [2.24, 2.45) is 7.05 Å². The molecule has 2 rings (SSSR count). The van der Waals surface area contributed by atoms with Gasteiger partial charge in [-0.15, -0.1) is 0 Å². The van der Waals surface area contributed by atoms with Crippen molar-refractivity contribution in [1.29, 1.82) is 0 Å². The Hall–Kier alpha value is -1.09. The summed E-state index contributed by atoms with van der Waals surface area (Å²) in [5.74, 6) is 2.51. The number of aromatic hydroxyl groups is 1. The van der Waals surface area contributed by atoms with Gasteiger partial charge in [-0.25, -0.2) is 0 Å². The molecule has 2 nitrogen and oxygen atoms in total. The average molecular weight is 221 g/mol. The van der Waals surface area contributed by atoms with Gasteiger partial charge in [-0.1, -0.05) is 6.92 Å². The van der Waals surface area contributed by atoms with Crippen LogP contribution in [-0.4, -0.2) is 15.4 Å². The minimum absolute atomic E-state index is 0.332. The summed E-state index contributed by atoms with van der Waals surface area (Å²) in [7, 11) is 2.02. The minimum atomic E-state index is 0.332. The fraction of sp³-hybridized carbons (Fsp3) is 0.333. The van der Waals surface area contributed by atoms with Gasteiger partial charge in [0.2, 0.25) is 0 Å². The number of aryl methyl sites for hydroxylation is 1. The van der Waals surface area contributed by atoms with Crippen molar-refractivity contribution in [2.75, 3.05) is 5.75 Å². The van der Waals surface area contributed by atoms with Crippen LogP contribution in [0.1, 0.15) is 12.5 Å². The fourth-order valence-electron chi connectivity index (χ4n) is 1.78. The largest absolute Gasteiger partial charge is 0.508 e. The van der Waals surface area contributed by atoms with E-state index in [9.17, 15) is 5.11 Å². The first-order valence-corrected chi connectivity index (χ1v) is 6.22. The number of benzene rings is 1. The highest BCUT2D eigenvalue weighted by molar-refractivity contribution is 7.98. The number of fused-ring (bicyclic) bond motifs is 1. The van der Waals surface area contributed by atoms with Gasteiger partial charge < -0.3 is 9.67 Å². The van der Waals surface area contributed by atoms with Crippen LogP contribution < -0.4 is 0 Å². The molecule has 0 atom stereocenters. The van der Waals surface area contributed by atoms with E-state index in [1.54, 1.807) is 6.07 Å². The predicted molar refractivity (Wildman–Crippen MR) is 66.4 cm³/mol. The van der Waals surface area contributed by atoms with E-state index in [1.165, 1.54) is 10.9 Å². The van der Waals surface area contributed by atoms with Crippen LogP contribution in [0, 0.1) is 0 Å². The second kappa shape index (κ2) is 4.19. The SMILES string of the molecule is CCSCc1cn(C)c2cc(O)ccc12. The summed E-state index contributed by atoms with van der Waals surface area (Å²) in [4.78, 5) is 0. The second-order valence-electron chi connectivity index (χ2n) is 3.60. The lowest BCUT2D eigenvalue weighted by Crippen LogP contribution is -1.82. The van der Waals surface area contributed by atoms with E-state index in [4.69, 9.17) is 0 Å². The molecule has 3 heteroatoms. The third-order valence-electron chi connectivity index (χ3n) is 2.52. The third-order valence-corrected chi connectivity index (χ3v) is 3.44. The summed E-state index contributed by atoms with van der Waals surface area (Å²) >= 11 is 1.92. The summed E-state index contributed by atoms with van der Waals surface area (Å²) in [5, 5.41) is 10.7. The van der Waals surface area contributed by atoms with Crippen molar-refractivity contribution in [3.63, 3.8) is 0 Å². The molecule has 15 heavy (non-hydrogen) atoms. The Balaban J connectivity index is 2.48. The monoisotopic (exact) mass is 221 g/mol. The van der Waals surface area contributed by atoms with E-state index in [2.05, 4.69) is 17.7 Å². The molecule has 0 saturated carbocycles. The van der Waals surface area contributed by atoms with E-state index in [0.29, 0.717) is 5.75 Å². The molecule has 0 amide bonds. The second-order valence-corrected chi connectivity index (χ2v) is 4.88. The highest BCUT2D eigenvalue weighted by Gasteiger charge is 2.06. The fourth-order valence-corrected chi connectivity index (χ4v) is 2.44. The van der Waals surface area contributed by atoms with Crippen LogP contribution >= 0.6 is 11.8 Å². The maximum atomic E-state index is 9.42. The van der Waals surface area contributed by atoms with Crippen molar-refractivity contribution >= 4 is 22.7 Å². The zero-order chi connectivity index (χ0) is 10.8. The molecule has 0 bridgehead atoms. The number of nitrogens with zero attached hydrogens (tertiary/aromatic N) is 1. The number of thioether (sulfide) groups is 1. The van der Waals surface area contributed by atoms with E-state index in [1.807, 2.05) is 30.9 Å². The molecule has 0 aliphatic rings. The third kappa shape index (κ3) is 1.97. The Morgan fingerprint density at radius 2 is 2.20 bits per heavy atom. The smallest absolute Gasteiger partial charge is 0.117 e. The first-order valence-electron chi connectivity index (χ1n) is 5.07. The minimum Gasteiger partial charge on any atom is -0.508 e. The lowest BCUT2D eigenvalue weighted by molar-refractivity contribution is 0.476. The Kier molecular flexibility index (Phi) is 2.91. The number of phenols is 1. The topological polar surface area (TPSA) is 25.2 Å². The van der Waals surface area contributed by atoms with Gasteiger partial charge in [0.25, 0.3) is 0 Å². The summed E-state index contributed by atoms with van der Waals surface area (Å²) in [6.07, 6.45) is 2.15.